The summed E-state index contributed by atoms with van der Waals surface area (Å²) in [5.74, 6) is 0.593. The molecule has 2 N–H and O–H groups in total. The van der Waals surface area contributed by atoms with Crippen molar-refractivity contribution in [3.8, 4) is 11.5 Å². The van der Waals surface area contributed by atoms with Gasteiger partial charge in [-0.15, -0.1) is 0 Å². The van der Waals surface area contributed by atoms with Gasteiger partial charge < -0.3 is 20.1 Å². The van der Waals surface area contributed by atoms with E-state index in [1.807, 2.05) is 0 Å². The van der Waals surface area contributed by atoms with E-state index in [4.69, 9.17) is 21.1 Å². The summed E-state index contributed by atoms with van der Waals surface area (Å²) < 4.78 is 11.5. The summed E-state index contributed by atoms with van der Waals surface area (Å²) >= 11 is 10.3. The SMILES string of the molecule is COc1cc(OC)c(NC(=O)N(S)c2cccc(NC(C)=O)c2)cc1Cl. The third-order valence-electron chi connectivity index (χ3n) is 3.32. The summed E-state index contributed by atoms with van der Waals surface area (Å²) in [6.45, 7) is 1.40. The van der Waals surface area contributed by atoms with Gasteiger partial charge in [0, 0.05) is 18.7 Å². The maximum absolute atomic E-state index is 12.5. The van der Waals surface area contributed by atoms with Crippen LogP contribution in [-0.2, 0) is 4.79 Å². The fourth-order valence-corrected chi connectivity index (χ4v) is 2.58. The number of rotatable bonds is 5. The van der Waals surface area contributed by atoms with Crippen molar-refractivity contribution < 1.29 is 19.1 Å². The van der Waals surface area contributed by atoms with Crippen LogP contribution in [0.15, 0.2) is 36.4 Å². The average Bonchev–Trinajstić information content (AvgIpc) is 2.61. The molecule has 138 valence electrons. The number of hydrogen-bond donors (Lipinski definition) is 3. The van der Waals surface area contributed by atoms with Crippen LogP contribution in [0.2, 0.25) is 5.02 Å². The highest BCUT2D eigenvalue weighted by Gasteiger charge is 2.17. The number of nitrogens with one attached hydrogen (secondary N) is 2. The van der Waals surface area contributed by atoms with Crippen LogP contribution in [0.4, 0.5) is 21.9 Å². The standard InChI is InChI=1S/C17H18ClN3O4S/c1-10(22)19-11-5-4-6-12(7-11)21(26)17(23)20-14-8-13(18)15(24-2)9-16(14)25-3/h4-9,26H,1-3H3,(H,19,22)(H,20,23). The van der Waals surface area contributed by atoms with Gasteiger partial charge in [0.1, 0.15) is 11.5 Å². The molecule has 0 atom stereocenters. The highest BCUT2D eigenvalue weighted by molar-refractivity contribution is 7.82. The number of thiol groups is 1. The summed E-state index contributed by atoms with van der Waals surface area (Å²) in [7, 11) is 2.95. The minimum absolute atomic E-state index is 0.213. The second kappa shape index (κ2) is 8.68. The van der Waals surface area contributed by atoms with Crippen LogP contribution in [0, 0.1) is 0 Å². The van der Waals surface area contributed by atoms with Gasteiger partial charge in [-0.25, -0.2) is 9.10 Å². The van der Waals surface area contributed by atoms with Crippen molar-refractivity contribution in [2.45, 2.75) is 6.92 Å². The molecule has 0 unspecified atom stereocenters. The summed E-state index contributed by atoms with van der Waals surface area (Å²) in [6, 6.07) is 9.25. The lowest BCUT2D eigenvalue weighted by molar-refractivity contribution is -0.114. The molecule has 9 heteroatoms. The minimum atomic E-state index is -0.534. The third kappa shape index (κ3) is 4.74. The van der Waals surface area contributed by atoms with Gasteiger partial charge in [-0.05, 0) is 24.3 Å². The molecule has 0 spiro atoms. The van der Waals surface area contributed by atoms with Crippen LogP contribution in [0.5, 0.6) is 11.5 Å². The van der Waals surface area contributed by atoms with E-state index in [1.54, 1.807) is 30.3 Å². The smallest absolute Gasteiger partial charge is 0.336 e. The first-order valence-corrected chi connectivity index (χ1v) is 8.22. The monoisotopic (exact) mass is 395 g/mol. The zero-order chi connectivity index (χ0) is 19.3. The molecule has 0 aliphatic rings. The van der Waals surface area contributed by atoms with Gasteiger partial charge in [0.2, 0.25) is 5.91 Å². The van der Waals surface area contributed by atoms with Crippen LogP contribution < -0.4 is 24.4 Å². The van der Waals surface area contributed by atoms with Crippen LogP contribution in [0.3, 0.4) is 0 Å². The van der Waals surface area contributed by atoms with E-state index < -0.39 is 6.03 Å². The molecule has 26 heavy (non-hydrogen) atoms. The Bertz CT molecular complexity index is 832. The molecule has 0 saturated carbocycles. The lowest BCUT2D eigenvalue weighted by Gasteiger charge is -2.19. The lowest BCUT2D eigenvalue weighted by Crippen LogP contribution is -2.27. The molecule has 0 saturated heterocycles. The molecule has 0 aromatic heterocycles. The third-order valence-corrected chi connectivity index (χ3v) is 4.03. The van der Waals surface area contributed by atoms with E-state index >= 15 is 0 Å². The van der Waals surface area contributed by atoms with Gasteiger partial charge >= 0.3 is 6.03 Å². The average molecular weight is 396 g/mol. The number of urea groups is 1. The highest BCUT2D eigenvalue weighted by atomic mass is 35.5. The molecule has 0 radical (unpaired) electrons. The molecular weight excluding hydrogens is 378 g/mol. The highest BCUT2D eigenvalue weighted by Crippen LogP contribution is 2.36. The van der Waals surface area contributed by atoms with Crippen molar-refractivity contribution in [3.63, 3.8) is 0 Å². The summed E-state index contributed by atoms with van der Waals surface area (Å²) in [4.78, 5) is 23.7. The molecule has 0 heterocycles. The fraction of sp³-hybridized carbons (Fsp3) is 0.176. The Hall–Kier alpha value is -2.58. The first-order valence-electron chi connectivity index (χ1n) is 7.45. The maximum Gasteiger partial charge on any atom is 0.336 e. The van der Waals surface area contributed by atoms with Crippen molar-refractivity contribution >= 4 is 53.4 Å². The summed E-state index contributed by atoms with van der Waals surface area (Å²) in [5, 5.41) is 5.64. The largest absolute Gasteiger partial charge is 0.495 e. The van der Waals surface area contributed by atoms with E-state index in [-0.39, 0.29) is 5.91 Å². The zero-order valence-corrected chi connectivity index (χ0v) is 16.0. The number of hydrogen-bond acceptors (Lipinski definition) is 5. The summed E-state index contributed by atoms with van der Waals surface area (Å²) in [5.41, 5.74) is 1.38. The van der Waals surface area contributed by atoms with Crippen LogP contribution in [0.1, 0.15) is 6.92 Å². The van der Waals surface area contributed by atoms with Gasteiger partial charge in [0.25, 0.3) is 0 Å². The number of methoxy groups -OCH3 is 2. The number of nitrogens with zero attached hydrogens (tertiary/aromatic N) is 1. The fourth-order valence-electron chi connectivity index (χ4n) is 2.16. The molecule has 2 rings (SSSR count). The maximum atomic E-state index is 12.5. The van der Waals surface area contributed by atoms with E-state index in [0.29, 0.717) is 33.6 Å². The lowest BCUT2D eigenvalue weighted by atomic mass is 10.2. The number of benzene rings is 2. The van der Waals surface area contributed by atoms with Gasteiger partial charge in [0.05, 0.1) is 30.6 Å². The Morgan fingerprint density at radius 2 is 1.77 bits per heavy atom. The number of halogens is 1. The number of carbonyl (C=O) groups is 2. The van der Waals surface area contributed by atoms with Crippen molar-refractivity contribution in [2.75, 3.05) is 29.2 Å². The van der Waals surface area contributed by atoms with Gasteiger partial charge in [-0.3, -0.25) is 4.79 Å². The van der Waals surface area contributed by atoms with Crippen LogP contribution in [0.25, 0.3) is 0 Å². The van der Waals surface area contributed by atoms with Crippen molar-refractivity contribution in [1.82, 2.24) is 0 Å². The van der Waals surface area contributed by atoms with Crippen molar-refractivity contribution in [2.24, 2.45) is 0 Å². The topological polar surface area (TPSA) is 79.9 Å². The first-order chi connectivity index (χ1) is 12.3. The molecule has 2 aromatic rings. The molecular formula is C17H18ClN3O4S. The predicted octanol–water partition coefficient (Wildman–Crippen LogP) is 4.20. The second-order valence-corrected chi connectivity index (χ2v) is 5.97. The van der Waals surface area contributed by atoms with Crippen LogP contribution in [-0.4, -0.2) is 26.2 Å². The Morgan fingerprint density at radius 1 is 1.08 bits per heavy atom. The minimum Gasteiger partial charge on any atom is -0.495 e. The van der Waals surface area contributed by atoms with E-state index in [0.717, 1.165) is 4.31 Å². The van der Waals surface area contributed by atoms with Gasteiger partial charge in [-0.2, -0.15) is 0 Å². The Labute approximate surface area is 161 Å². The molecule has 0 bridgehead atoms. The second-order valence-electron chi connectivity index (χ2n) is 5.16. The van der Waals surface area contributed by atoms with E-state index in [9.17, 15) is 9.59 Å². The molecule has 0 aliphatic carbocycles. The quantitative estimate of drug-likeness (QED) is 0.663. The molecule has 7 nitrogen and oxygen atoms in total. The number of anilines is 3. The Balaban J connectivity index is 2.22. The summed E-state index contributed by atoms with van der Waals surface area (Å²) in [6.07, 6.45) is 0. The number of ether oxygens (including phenoxy) is 2. The first kappa shape index (κ1) is 19.7. The van der Waals surface area contributed by atoms with Crippen molar-refractivity contribution in [1.29, 1.82) is 0 Å². The normalized spacial score (nSPS) is 10.0. The van der Waals surface area contributed by atoms with E-state index in [1.165, 1.54) is 27.2 Å². The van der Waals surface area contributed by atoms with Crippen molar-refractivity contribution in [3.05, 3.63) is 41.4 Å². The number of carbonyl (C=O) groups excluding carboxylic acids is 2. The predicted molar refractivity (Wildman–Crippen MR) is 106 cm³/mol. The van der Waals surface area contributed by atoms with Crippen LogP contribution >= 0.6 is 24.4 Å². The molecule has 2 aromatic carbocycles. The van der Waals surface area contributed by atoms with E-state index in [2.05, 4.69) is 23.4 Å². The Kier molecular flexibility index (Phi) is 6.59. The zero-order valence-electron chi connectivity index (χ0n) is 14.4. The van der Waals surface area contributed by atoms with Gasteiger partial charge in [0.15, 0.2) is 0 Å². The molecule has 0 aliphatic heterocycles. The molecule has 3 amide bonds. The molecule has 0 fully saturated rings. The number of amides is 3. The van der Waals surface area contributed by atoms with Gasteiger partial charge in [-0.1, -0.05) is 30.5 Å². The Morgan fingerprint density at radius 3 is 2.38 bits per heavy atom.